The van der Waals surface area contributed by atoms with Gasteiger partial charge in [-0.25, -0.2) is 8.42 Å². The minimum Gasteiger partial charge on any atom is -0.741 e. The lowest BCUT2D eigenvalue weighted by Gasteiger charge is -2.52. The van der Waals surface area contributed by atoms with Gasteiger partial charge >= 0.3 is 5.51 Å². The highest BCUT2D eigenvalue weighted by molar-refractivity contribution is 7.86. The van der Waals surface area contributed by atoms with Crippen LogP contribution in [0.4, 0.5) is 13.2 Å². The van der Waals surface area contributed by atoms with Gasteiger partial charge in [-0.1, -0.05) is 60.7 Å². The van der Waals surface area contributed by atoms with E-state index in [-0.39, 0.29) is 6.04 Å². The first-order valence-electron chi connectivity index (χ1n) is 8.33. The van der Waals surface area contributed by atoms with Crippen molar-refractivity contribution < 1.29 is 30.6 Å². The van der Waals surface area contributed by atoms with Gasteiger partial charge in [0.15, 0.2) is 16.2 Å². The summed E-state index contributed by atoms with van der Waals surface area (Å²) < 4.78 is 59.7. The Balaban J connectivity index is 0.000000300. The molecule has 1 fully saturated rings. The third kappa shape index (κ3) is 5.10. The van der Waals surface area contributed by atoms with Crippen LogP contribution in [0.1, 0.15) is 17.0 Å². The van der Waals surface area contributed by atoms with Crippen LogP contribution in [0.25, 0.3) is 0 Å². The van der Waals surface area contributed by atoms with Crippen molar-refractivity contribution >= 4 is 10.1 Å². The lowest BCUT2D eigenvalue weighted by molar-refractivity contribution is -0.980. The maximum atomic E-state index is 10.7. The molecular weight excluding hydrogens is 393 g/mol. The fraction of sp³-hybridized carbons (Fsp3) is 0.316. The van der Waals surface area contributed by atoms with E-state index in [4.69, 9.17) is 13.0 Å². The number of hydrogen-bond donors (Lipinski definition) is 0. The number of benzene rings is 2. The molecule has 0 bridgehead atoms. The molecule has 0 N–H and O–H groups in total. The van der Waals surface area contributed by atoms with Crippen molar-refractivity contribution in [2.45, 2.75) is 24.0 Å². The fourth-order valence-corrected chi connectivity index (χ4v) is 3.34. The van der Waals surface area contributed by atoms with E-state index >= 15 is 0 Å². The molecule has 2 aromatic rings. The predicted molar refractivity (Wildman–Crippen MR) is 95.5 cm³/mol. The zero-order valence-corrected chi connectivity index (χ0v) is 15.8. The number of likely N-dealkylation sites (tertiary alicyclic amines) is 1. The number of hydrogen-bond acceptors (Lipinski definition) is 4. The van der Waals surface area contributed by atoms with E-state index in [9.17, 15) is 18.4 Å². The summed E-state index contributed by atoms with van der Waals surface area (Å²) in [5.74, 6) is 0.370. The summed E-state index contributed by atoms with van der Waals surface area (Å²) in [6.07, 6.45) is 0. The Hall–Kier alpha value is -2.41. The summed E-state index contributed by atoms with van der Waals surface area (Å²) in [7, 11) is -3.90. The Labute approximate surface area is 162 Å². The fourth-order valence-electron chi connectivity index (χ4n) is 3.34. The van der Waals surface area contributed by atoms with Crippen LogP contribution in [-0.4, -0.2) is 42.6 Å². The summed E-state index contributed by atoms with van der Waals surface area (Å²) >= 11 is 0. The topological polar surface area (TPSA) is 81.0 Å². The van der Waals surface area contributed by atoms with Gasteiger partial charge < -0.3 is 9.04 Å². The summed E-state index contributed by atoms with van der Waals surface area (Å²) in [5, 5.41) is 9.57. The van der Waals surface area contributed by atoms with Crippen molar-refractivity contribution in [2.75, 3.05) is 13.6 Å². The Kier molecular flexibility index (Phi) is 6.49. The number of alkyl halides is 3. The average molecular weight is 412 g/mol. The van der Waals surface area contributed by atoms with Crippen molar-refractivity contribution in [3.63, 3.8) is 0 Å². The number of halogens is 3. The molecule has 2 aromatic carbocycles. The Morgan fingerprint density at radius 3 is 2.00 bits per heavy atom. The molecule has 1 aliphatic rings. The van der Waals surface area contributed by atoms with Gasteiger partial charge in [-0.2, -0.15) is 18.4 Å². The Morgan fingerprint density at radius 2 is 1.57 bits per heavy atom. The van der Waals surface area contributed by atoms with Gasteiger partial charge in [0, 0.05) is 5.56 Å². The zero-order chi connectivity index (χ0) is 21.0. The van der Waals surface area contributed by atoms with E-state index < -0.39 is 15.6 Å². The van der Waals surface area contributed by atoms with Crippen LogP contribution in [-0.2, 0) is 16.7 Å². The second-order valence-electron chi connectivity index (χ2n) is 6.80. The maximum Gasteiger partial charge on any atom is 0.485 e. The highest BCUT2D eigenvalue weighted by Crippen LogP contribution is 2.40. The first-order chi connectivity index (χ1) is 13.0. The van der Waals surface area contributed by atoms with Crippen LogP contribution in [0, 0.1) is 11.3 Å². The summed E-state index contributed by atoms with van der Waals surface area (Å²) in [6.45, 7) is 1.97. The van der Waals surface area contributed by atoms with Crippen molar-refractivity contribution in [3.8, 4) is 6.07 Å². The SMILES string of the molecule is C[N@+]1(Cc2ccccc2)C[C@@H](c2ccccc2)[C@@H]1C#N.O=S(=O)([O-])C(F)(F)F. The molecule has 1 heterocycles. The molecule has 0 aromatic heterocycles. The summed E-state index contributed by atoms with van der Waals surface area (Å²) in [4.78, 5) is 0. The van der Waals surface area contributed by atoms with E-state index in [1.807, 2.05) is 12.1 Å². The van der Waals surface area contributed by atoms with E-state index in [1.165, 1.54) is 11.1 Å². The summed E-state index contributed by atoms with van der Waals surface area (Å²) in [6, 6.07) is 23.5. The number of nitriles is 1. The van der Waals surface area contributed by atoms with Gasteiger partial charge in [0.2, 0.25) is 0 Å². The largest absolute Gasteiger partial charge is 0.741 e. The monoisotopic (exact) mass is 412 g/mol. The molecule has 0 aliphatic carbocycles. The third-order valence-electron chi connectivity index (χ3n) is 4.70. The van der Waals surface area contributed by atoms with Crippen LogP contribution in [0.2, 0.25) is 0 Å². The highest BCUT2D eigenvalue weighted by Gasteiger charge is 2.52. The first kappa shape index (κ1) is 21.9. The van der Waals surface area contributed by atoms with Crippen LogP contribution in [0.5, 0.6) is 0 Å². The molecule has 9 heteroatoms. The van der Waals surface area contributed by atoms with E-state index in [0.29, 0.717) is 5.92 Å². The van der Waals surface area contributed by atoms with Crippen LogP contribution < -0.4 is 0 Å². The molecule has 28 heavy (non-hydrogen) atoms. The van der Waals surface area contributed by atoms with Gasteiger partial charge in [0.05, 0.1) is 19.5 Å². The summed E-state index contributed by atoms with van der Waals surface area (Å²) in [5.41, 5.74) is -3.04. The second kappa shape index (κ2) is 8.31. The molecule has 0 saturated carbocycles. The number of quaternary nitrogens is 1. The molecule has 1 aliphatic heterocycles. The van der Waals surface area contributed by atoms with Gasteiger partial charge in [-0.15, -0.1) is 0 Å². The molecule has 5 nitrogen and oxygen atoms in total. The molecule has 0 spiro atoms. The first-order valence-corrected chi connectivity index (χ1v) is 9.73. The van der Waals surface area contributed by atoms with Crippen LogP contribution >= 0.6 is 0 Å². The van der Waals surface area contributed by atoms with Gasteiger partial charge in [0.25, 0.3) is 0 Å². The van der Waals surface area contributed by atoms with E-state index in [0.717, 1.165) is 17.6 Å². The van der Waals surface area contributed by atoms with Crippen molar-refractivity contribution in [2.24, 2.45) is 0 Å². The normalized spacial score (nSPS) is 24.3. The molecular formula is C19H19F3N2O3S. The van der Waals surface area contributed by atoms with Gasteiger partial charge in [-0.05, 0) is 5.56 Å². The second-order valence-corrected chi connectivity index (χ2v) is 8.17. The van der Waals surface area contributed by atoms with Crippen LogP contribution in [0.15, 0.2) is 60.7 Å². The predicted octanol–water partition coefficient (Wildman–Crippen LogP) is 3.37. The zero-order valence-electron chi connectivity index (χ0n) is 15.0. The quantitative estimate of drug-likeness (QED) is 0.440. The molecule has 150 valence electrons. The van der Waals surface area contributed by atoms with E-state index in [2.05, 4.69) is 61.6 Å². The van der Waals surface area contributed by atoms with Crippen LogP contribution in [0.3, 0.4) is 0 Å². The molecule has 0 unspecified atom stereocenters. The Morgan fingerprint density at radius 1 is 1.11 bits per heavy atom. The minimum atomic E-state index is -6.09. The van der Waals surface area contributed by atoms with E-state index in [1.54, 1.807) is 0 Å². The van der Waals surface area contributed by atoms with Gasteiger partial charge in [-0.3, -0.25) is 0 Å². The van der Waals surface area contributed by atoms with Crippen molar-refractivity contribution in [1.29, 1.82) is 5.26 Å². The maximum absolute atomic E-state index is 10.7. The number of likely N-dealkylation sites (N-methyl/N-ethyl adjacent to an activating group) is 1. The average Bonchev–Trinajstić information content (AvgIpc) is 2.61. The molecule has 3 rings (SSSR count). The van der Waals surface area contributed by atoms with Gasteiger partial charge in [0.1, 0.15) is 12.6 Å². The molecule has 3 atom stereocenters. The standard InChI is InChI=1S/C18H19N2.CHF3O3S/c1-20(13-15-8-4-2-5-9-15)14-17(18(20)12-19)16-10-6-3-7-11-16;2-1(3,4)8(5,6)7/h2-11,17-18H,13-14H2,1H3;(H,5,6,7)/q+1;/p-1/t17-,18-,20-;/m0./s1. The highest BCUT2D eigenvalue weighted by atomic mass is 32.2. The third-order valence-corrected chi connectivity index (χ3v) is 5.26. The van der Waals surface area contributed by atoms with Crippen molar-refractivity contribution in [3.05, 3.63) is 71.8 Å². The number of rotatable bonds is 3. The van der Waals surface area contributed by atoms with Crippen molar-refractivity contribution in [1.82, 2.24) is 0 Å². The number of nitrogens with zero attached hydrogens (tertiary/aromatic N) is 2. The Bertz CT molecular complexity index is 928. The smallest absolute Gasteiger partial charge is 0.485 e. The molecule has 1 saturated heterocycles. The minimum absolute atomic E-state index is 0.0533. The lowest BCUT2D eigenvalue weighted by atomic mass is 9.80. The lowest BCUT2D eigenvalue weighted by Crippen LogP contribution is -2.66. The molecule has 0 radical (unpaired) electrons. The molecule has 0 amide bonds.